The van der Waals surface area contributed by atoms with Gasteiger partial charge in [0, 0.05) is 17.4 Å². The van der Waals surface area contributed by atoms with E-state index in [9.17, 15) is 0 Å². The summed E-state index contributed by atoms with van der Waals surface area (Å²) in [6.07, 6.45) is 4.16. The van der Waals surface area contributed by atoms with Crippen LogP contribution in [0.4, 0.5) is 0 Å². The first-order chi connectivity index (χ1) is 7.17. The van der Waals surface area contributed by atoms with Gasteiger partial charge in [0.25, 0.3) is 0 Å². The number of nitrogens with one attached hydrogen (secondary N) is 1. The molecular formula is C13H24N2S. The normalized spacial score (nSPS) is 13.1. The van der Waals surface area contributed by atoms with Crippen molar-refractivity contribution in [2.75, 3.05) is 0 Å². The molecule has 0 atom stereocenters. The molecule has 0 fully saturated rings. The number of hydrogen-bond acceptors (Lipinski definition) is 1. The Kier molecular flexibility index (Phi) is 3.68. The largest absolute Gasteiger partial charge is 0.337 e. The molecule has 3 heteroatoms. The second-order valence-electron chi connectivity index (χ2n) is 6.32. The molecule has 0 spiro atoms. The van der Waals surface area contributed by atoms with E-state index in [-0.39, 0.29) is 5.54 Å². The van der Waals surface area contributed by atoms with Crippen molar-refractivity contribution in [2.45, 2.75) is 59.9 Å². The molecule has 0 amide bonds. The maximum absolute atomic E-state index is 5.38. The van der Waals surface area contributed by atoms with Crippen LogP contribution in [-0.2, 0) is 12.0 Å². The summed E-state index contributed by atoms with van der Waals surface area (Å²) in [5.74, 6) is 0. The average molecular weight is 240 g/mol. The lowest BCUT2D eigenvalue weighted by Gasteiger charge is -2.35. The van der Waals surface area contributed by atoms with Gasteiger partial charge in [-0.05, 0) is 44.3 Å². The summed E-state index contributed by atoms with van der Waals surface area (Å²) in [5, 5.41) is 0. The van der Waals surface area contributed by atoms with E-state index >= 15 is 0 Å². The van der Waals surface area contributed by atoms with Gasteiger partial charge in [0.15, 0.2) is 4.77 Å². The highest BCUT2D eigenvalue weighted by Gasteiger charge is 2.28. The van der Waals surface area contributed by atoms with Gasteiger partial charge in [-0.3, -0.25) is 0 Å². The van der Waals surface area contributed by atoms with E-state index in [4.69, 9.17) is 12.2 Å². The predicted molar refractivity (Wildman–Crippen MR) is 72.4 cm³/mol. The minimum atomic E-state index is 0.0701. The molecule has 1 heterocycles. The van der Waals surface area contributed by atoms with E-state index in [1.807, 2.05) is 6.20 Å². The van der Waals surface area contributed by atoms with E-state index in [1.165, 1.54) is 5.69 Å². The number of imidazole rings is 1. The van der Waals surface area contributed by atoms with Gasteiger partial charge in [-0.2, -0.15) is 0 Å². The number of aromatic nitrogens is 2. The lowest BCUT2D eigenvalue weighted by molar-refractivity contribution is 0.209. The number of aryl methyl sites for hydroxylation is 1. The monoisotopic (exact) mass is 240 g/mol. The number of aromatic amines is 1. The minimum Gasteiger partial charge on any atom is -0.337 e. The van der Waals surface area contributed by atoms with Crippen LogP contribution in [0.25, 0.3) is 0 Å². The van der Waals surface area contributed by atoms with Gasteiger partial charge in [-0.15, -0.1) is 0 Å². The average Bonchev–Trinajstić information content (AvgIpc) is 2.42. The van der Waals surface area contributed by atoms with Crippen LogP contribution >= 0.6 is 12.2 Å². The molecule has 0 bridgehead atoms. The van der Waals surface area contributed by atoms with Crippen LogP contribution < -0.4 is 0 Å². The Morgan fingerprint density at radius 3 is 2.25 bits per heavy atom. The molecule has 1 rings (SSSR count). The molecule has 0 aliphatic carbocycles. The molecule has 0 saturated carbocycles. The Balaban J connectivity index is 3.15. The Bertz CT molecular complexity index is 404. The second kappa shape index (κ2) is 4.36. The molecule has 1 N–H and O–H groups in total. The van der Waals surface area contributed by atoms with Crippen LogP contribution in [0.5, 0.6) is 0 Å². The van der Waals surface area contributed by atoms with Crippen molar-refractivity contribution in [3.63, 3.8) is 0 Å². The maximum atomic E-state index is 5.38. The van der Waals surface area contributed by atoms with Gasteiger partial charge in [0.2, 0.25) is 0 Å². The highest BCUT2D eigenvalue weighted by atomic mass is 32.1. The fourth-order valence-corrected chi connectivity index (χ4v) is 3.13. The number of rotatable bonds is 3. The summed E-state index contributed by atoms with van der Waals surface area (Å²) < 4.78 is 3.11. The molecule has 92 valence electrons. The Labute approximate surface area is 104 Å². The van der Waals surface area contributed by atoms with Crippen LogP contribution in [0, 0.1) is 10.2 Å². The SMILES string of the molecule is CCc1c[nH]c(=S)n1C(C)(C)CC(C)(C)C. The summed E-state index contributed by atoms with van der Waals surface area (Å²) in [5.41, 5.74) is 1.67. The first-order valence-electron chi connectivity index (χ1n) is 5.97. The fraction of sp³-hybridized carbons (Fsp3) is 0.769. The lowest BCUT2D eigenvalue weighted by Crippen LogP contribution is -2.32. The zero-order valence-electron chi connectivity index (χ0n) is 11.3. The van der Waals surface area contributed by atoms with Crippen LogP contribution in [0.15, 0.2) is 6.20 Å². The molecule has 16 heavy (non-hydrogen) atoms. The van der Waals surface area contributed by atoms with E-state index in [2.05, 4.69) is 51.1 Å². The molecule has 0 radical (unpaired) electrons. The summed E-state index contributed by atoms with van der Waals surface area (Å²) in [6, 6.07) is 0. The van der Waals surface area contributed by atoms with Crippen molar-refractivity contribution in [1.82, 2.24) is 9.55 Å². The van der Waals surface area contributed by atoms with Crippen molar-refractivity contribution in [2.24, 2.45) is 5.41 Å². The molecule has 0 unspecified atom stereocenters. The van der Waals surface area contributed by atoms with Crippen molar-refractivity contribution < 1.29 is 0 Å². The topological polar surface area (TPSA) is 20.7 Å². The van der Waals surface area contributed by atoms with Crippen molar-refractivity contribution in [3.8, 4) is 0 Å². The first-order valence-corrected chi connectivity index (χ1v) is 6.38. The number of nitrogens with zero attached hydrogens (tertiary/aromatic N) is 1. The number of H-pyrrole nitrogens is 1. The molecule has 1 aromatic rings. The molecule has 0 saturated heterocycles. The summed E-state index contributed by atoms with van der Waals surface area (Å²) in [4.78, 5) is 3.16. The molecule has 0 aliphatic rings. The predicted octanol–water partition coefficient (Wildman–Crippen LogP) is 4.28. The van der Waals surface area contributed by atoms with Crippen LogP contribution in [0.3, 0.4) is 0 Å². The molecule has 2 nitrogen and oxygen atoms in total. The minimum absolute atomic E-state index is 0.0701. The van der Waals surface area contributed by atoms with Gasteiger partial charge in [-0.25, -0.2) is 0 Å². The molecule has 0 aromatic carbocycles. The van der Waals surface area contributed by atoms with E-state index in [1.54, 1.807) is 0 Å². The van der Waals surface area contributed by atoms with Crippen LogP contribution in [-0.4, -0.2) is 9.55 Å². The highest BCUT2D eigenvalue weighted by molar-refractivity contribution is 7.71. The van der Waals surface area contributed by atoms with Gasteiger partial charge < -0.3 is 9.55 Å². The molecule has 1 aromatic heterocycles. The third-order valence-electron chi connectivity index (χ3n) is 2.78. The summed E-state index contributed by atoms with van der Waals surface area (Å²) in [7, 11) is 0. The molecular weight excluding hydrogens is 216 g/mol. The Morgan fingerprint density at radius 2 is 1.81 bits per heavy atom. The summed E-state index contributed by atoms with van der Waals surface area (Å²) >= 11 is 5.38. The second-order valence-corrected chi connectivity index (χ2v) is 6.71. The third kappa shape index (κ3) is 2.97. The van der Waals surface area contributed by atoms with Gasteiger partial charge in [0.05, 0.1) is 0 Å². The Hall–Kier alpha value is -0.570. The maximum Gasteiger partial charge on any atom is 0.177 e. The van der Waals surface area contributed by atoms with Crippen LogP contribution in [0.1, 0.15) is 53.7 Å². The third-order valence-corrected chi connectivity index (χ3v) is 3.08. The Morgan fingerprint density at radius 1 is 1.25 bits per heavy atom. The van der Waals surface area contributed by atoms with E-state index in [0.29, 0.717) is 5.41 Å². The lowest BCUT2D eigenvalue weighted by atomic mass is 9.81. The zero-order valence-corrected chi connectivity index (χ0v) is 12.2. The smallest absolute Gasteiger partial charge is 0.177 e. The fourth-order valence-electron chi connectivity index (χ4n) is 2.71. The van der Waals surface area contributed by atoms with E-state index in [0.717, 1.165) is 17.6 Å². The number of hydrogen-bond donors (Lipinski definition) is 1. The van der Waals surface area contributed by atoms with Crippen molar-refractivity contribution >= 4 is 12.2 Å². The van der Waals surface area contributed by atoms with Gasteiger partial charge in [0.1, 0.15) is 0 Å². The van der Waals surface area contributed by atoms with E-state index < -0.39 is 0 Å². The van der Waals surface area contributed by atoms with Gasteiger partial charge >= 0.3 is 0 Å². The summed E-state index contributed by atoms with van der Waals surface area (Å²) in [6.45, 7) is 13.5. The van der Waals surface area contributed by atoms with Crippen molar-refractivity contribution in [1.29, 1.82) is 0 Å². The quantitative estimate of drug-likeness (QED) is 0.782. The standard InChI is InChI=1S/C13H24N2S/c1-7-10-8-14-11(16)15(10)13(5,6)9-12(2,3)4/h8H,7,9H2,1-6H3,(H,14,16). The first kappa shape index (κ1) is 13.5. The van der Waals surface area contributed by atoms with Crippen LogP contribution in [0.2, 0.25) is 0 Å². The highest BCUT2D eigenvalue weighted by Crippen LogP contribution is 2.33. The zero-order chi connectivity index (χ0) is 12.6. The molecule has 0 aliphatic heterocycles. The van der Waals surface area contributed by atoms with Gasteiger partial charge in [-0.1, -0.05) is 27.7 Å². The van der Waals surface area contributed by atoms with Crippen molar-refractivity contribution in [3.05, 3.63) is 16.7 Å².